The first kappa shape index (κ1) is 12.9. The van der Waals surface area contributed by atoms with Crippen molar-refractivity contribution >= 4 is 29.0 Å². The number of nitrogens with one attached hydrogen (secondary N) is 1. The number of hydrogen-bond acceptors (Lipinski definition) is 4. The number of carbonyl (C=O) groups is 1. The van der Waals surface area contributed by atoms with Gasteiger partial charge in [-0.25, -0.2) is 0 Å². The van der Waals surface area contributed by atoms with E-state index in [4.69, 9.17) is 22.6 Å². The normalized spacial score (nSPS) is 9.89. The van der Waals surface area contributed by atoms with Crippen molar-refractivity contribution in [3.63, 3.8) is 0 Å². The van der Waals surface area contributed by atoms with Crippen LogP contribution < -0.4 is 11.1 Å². The fourth-order valence-corrected chi connectivity index (χ4v) is 1.66. The maximum atomic E-state index is 11.7. The molecule has 0 bridgehead atoms. The monoisotopic (exact) mass is 275 g/mol. The number of anilines is 2. The van der Waals surface area contributed by atoms with Gasteiger partial charge in [0.1, 0.15) is 18.4 Å². The van der Waals surface area contributed by atoms with Crippen molar-refractivity contribution in [1.29, 1.82) is 5.26 Å². The van der Waals surface area contributed by atoms with Gasteiger partial charge in [0.05, 0.1) is 10.6 Å². The Kier molecular flexibility index (Phi) is 3.68. The molecule has 3 N–H and O–H groups in total. The molecule has 2 aromatic rings. The molecule has 19 heavy (non-hydrogen) atoms. The van der Waals surface area contributed by atoms with Crippen LogP contribution in [0.2, 0.25) is 5.02 Å². The van der Waals surface area contributed by atoms with E-state index >= 15 is 0 Å². The lowest BCUT2D eigenvalue weighted by Crippen LogP contribution is -2.19. The maximum Gasteiger partial charge on any atom is 0.246 e. The Hall–Kier alpha value is -2.52. The van der Waals surface area contributed by atoms with Gasteiger partial charge in [0.25, 0.3) is 0 Å². The molecule has 0 unspecified atom stereocenters. The van der Waals surface area contributed by atoms with Gasteiger partial charge in [0, 0.05) is 11.9 Å². The van der Waals surface area contributed by atoms with Crippen LogP contribution in [0.1, 0.15) is 5.56 Å². The van der Waals surface area contributed by atoms with Gasteiger partial charge in [-0.15, -0.1) is 0 Å². The molecule has 1 aromatic carbocycles. The van der Waals surface area contributed by atoms with E-state index in [9.17, 15) is 4.79 Å². The molecule has 0 aliphatic rings. The summed E-state index contributed by atoms with van der Waals surface area (Å²) in [6.45, 7) is 0.0434. The minimum atomic E-state index is -0.269. The zero-order valence-corrected chi connectivity index (χ0v) is 10.6. The van der Waals surface area contributed by atoms with Gasteiger partial charge in [-0.3, -0.25) is 9.48 Å². The molecule has 1 aromatic heterocycles. The predicted molar refractivity (Wildman–Crippen MR) is 71.4 cm³/mol. The second-order valence-electron chi connectivity index (χ2n) is 3.79. The molecule has 7 heteroatoms. The minimum Gasteiger partial charge on any atom is -0.382 e. The van der Waals surface area contributed by atoms with Crippen LogP contribution in [0.5, 0.6) is 0 Å². The first-order valence-electron chi connectivity index (χ1n) is 5.37. The largest absolute Gasteiger partial charge is 0.382 e. The zero-order chi connectivity index (χ0) is 13.8. The Bertz CT molecular complexity index is 658. The topological polar surface area (TPSA) is 96.7 Å². The molecule has 0 radical (unpaired) electrons. The van der Waals surface area contributed by atoms with Crippen molar-refractivity contribution in [3.05, 3.63) is 41.0 Å². The summed E-state index contributed by atoms with van der Waals surface area (Å²) >= 11 is 5.80. The fraction of sp³-hybridized carbons (Fsp3) is 0.0833. The van der Waals surface area contributed by atoms with E-state index < -0.39 is 0 Å². The number of rotatable bonds is 3. The Morgan fingerprint density at radius 3 is 2.95 bits per heavy atom. The Labute approximate surface area is 114 Å². The van der Waals surface area contributed by atoms with Crippen LogP contribution >= 0.6 is 11.6 Å². The number of benzene rings is 1. The lowest BCUT2D eigenvalue weighted by Gasteiger charge is -2.06. The molecule has 0 aliphatic heterocycles. The maximum absolute atomic E-state index is 11.7. The summed E-state index contributed by atoms with van der Waals surface area (Å²) in [4.78, 5) is 11.7. The number of halogens is 1. The highest BCUT2D eigenvalue weighted by molar-refractivity contribution is 6.31. The number of nitrogen functional groups attached to an aromatic ring is 1. The van der Waals surface area contributed by atoms with E-state index in [1.807, 2.05) is 6.07 Å². The van der Waals surface area contributed by atoms with Crippen molar-refractivity contribution in [2.75, 3.05) is 11.1 Å². The Morgan fingerprint density at radius 2 is 2.32 bits per heavy atom. The number of amides is 1. The number of hydrogen-bond donors (Lipinski definition) is 2. The molecular formula is C12H10ClN5O. The van der Waals surface area contributed by atoms with E-state index in [1.165, 1.54) is 10.7 Å². The summed E-state index contributed by atoms with van der Waals surface area (Å²) in [5, 5.41) is 15.7. The average molecular weight is 276 g/mol. The Morgan fingerprint density at radius 1 is 1.53 bits per heavy atom. The van der Waals surface area contributed by atoms with Gasteiger partial charge in [0.2, 0.25) is 5.91 Å². The van der Waals surface area contributed by atoms with E-state index in [2.05, 4.69) is 10.4 Å². The zero-order valence-electron chi connectivity index (χ0n) is 9.80. The molecule has 1 heterocycles. The van der Waals surface area contributed by atoms with E-state index in [0.717, 1.165) is 0 Å². The first-order valence-corrected chi connectivity index (χ1v) is 5.74. The van der Waals surface area contributed by atoms with Crippen LogP contribution in [0.4, 0.5) is 11.5 Å². The number of aromatic nitrogens is 2. The van der Waals surface area contributed by atoms with Crippen LogP contribution in [0, 0.1) is 11.3 Å². The smallest absolute Gasteiger partial charge is 0.246 e. The molecule has 0 atom stereocenters. The number of carbonyl (C=O) groups excluding carboxylic acids is 1. The highest BCUT2D eigenvalue weighted by atomic mass is 35.5. The summed E-state index contributed by atoms with van der Waals surface area (Å²) < 4.78 is 1.42. The van der Waals surface area contributed by atoms with Crippen LogP contribution in [-0.2, 0) is 11.3 Å². The molecule has 0 saturated carbocycles. The lowest BCUT2D eigenvalue weighted by atomic mass is 10.2. The summed E-state index contributed by atoms with van der Waals surface area (Å²) in [7, 11) is 0. The molecular weight excluding hydrogens is 266 g/mol. The number of nitriles is 1. The quantitative estimate of drug-likeness (QED) is 0.889. The number of nitrogens with zero attached hydrogens (tertiary/aromatic N) is 3. The summed E-state index contributed by atoms with van der Waals surface area (Å²) in [5.74, 6) is 0.0837. The third-order valence-corrected chi connectivity index (χ3v) is 2.67. The molecule has 2 rings (SSSR count). The third-order valence-electron chi connectivity index (χ3n) is 2.34. The van der Waals surface area contributed by atoms with E-state index in [0.29, 0.717) is 22.1 Å². The average Bonchev–Trinajstić information content (AvgIpc) is 2.77. The van der Waals surface area contributed by atoms with Crippen LogP contribution in [0.15, 0.2) is 30.5 Å². The molecule has 0 aliphatic carbocycles. The lowest BCUT2D eigenvalue weighted by molar-refractivity contribution is -0.116. The molecule has 0 saturated heterocycles. The first-order chi connectivity index (χ1) is 9.08. The van der Waals surface area contributed by atoms with Crippen molar-refractivity contribution in [2.45, 2.75) is 6.54 Å². The third kappa shape index (κ3) is 3.24. The summed E-state index contributed by atoms with van der Waals surface area (Å²) in [5.41, 5.74) is 6.26. The second-order valence-corrected chi connectivity index (χ2v) is 4.20. The molecule has 0 spiro atoms. The SMILES string of the molecule is N#Cc1cc(NC(=O)Cn2ccc(N)n2)ccc1Cl. The van der Waals surface area contributed by atoms with E-state index in [-0.39, 0.29) is 12.5 Å². The highest BCUT2D eigenvalue weighted by Crippen LogP contribution is 2.19. The van der Waals surface area contributed by atoms with Gasteiger partial charge in [-0.1, -0.05) is 11.6 Å². The van der Waals surface area contributed by atoms with Crippen LogP contribution in [0.25, 0.3) is 0 Å². The van der Waals surface area contributed by atoms with Gasteiger partial charge in [0.15, 0.2) is 0 Å². The second kappa shape index (κ2) is 5.42. The van der Waals surface area contributed by atoms with Crippen molar-refractivity contribution in [1.82, 2.24) is 9.78 Å². The minimum absolute atomic E-state index is 0.0434. The molecule has 96 valence electrons. The molecule has 1 amide bonds. The summed E-state index contributed by atoms with van der Waals surface area (Å²) in [6, 6.07) is 8.24. The van der Waals surface area contributed by atoms with Crippen molar-refractivity contribution < 1.29 is 4.79 Å². The van der Waals surface area contributed by atoms with Crippen LogP contribution in [0.3, 0.4) is 0 Å². The van der Waals surface area contributed by atoms with Gasteiger partial charge >= 0.3 is 0 Å². The highest BCUT2D eigenvalue weighted by Gasteiger charge is 2.06. The standard InChI is InChI=1S/C12H10ClN5O/c13-10-2-1-9(5-8(10)6-14)16-12(19)7-18-4-3-11(15)17-18/h1-5H,7H2,(H2,15,17)(H,16,19). The Balaban J connectivity index is 2.05. The molecule has 0 fully saturated rings. The van der Waals surface area contributed by atoms with E-state index in [1.54, 1.807) is 24.4 Å². The van der Waals surface area contributed by atoms with Crippen molar-refractivity contribution in [3.8, 4) is 6.07 Å². The van der Waals surface area contributed by atoms with Gasteiger partial charge < -0.3 is 11.1 Å². The van der Waals surface area contributed by atoms with Gasteiger partial charge in [-0.2, -0.15) is 10.4 Å². The summed E-state index contributed by atoms with van der Waals surface area (Å²) in [6.07, 6.45) is 1.61. The van der Waals surface area contributed by atoms with Crippen LogP contribution in [-0.4, -0.2) is 15.7 Å². The van der Waals surface area contributed by atoms with Gasteiger partial charge in [-0.05, 0) is 24.3 Å². The molecule has 6 nitrogen and oxygen atoms in total. The number of nitrogens with two attached hydrogens (primary N) is 1. The predicted octanol–water partition coefficient (Wildman–Crippen LogP) is 1.63. The fourth-order valence-electron chi connectivity index (χ4n) is 1.50. The van der Waals surface area contributed by atoms with Crippen molar-refractivity contribution in [2.24, 2.45) is 0 Å².